The van der Waals surface area contributed by atoms with Crippen LogP contribution in [-0.2, 0) is 16.0 Å². The van der Waals surface area contributed by atoms with E-state index in [0.717, 1.165) is 5.56 Å². The molecule has 0 saturated carbocycles. The Morgan fingerprint density at radius 1 is 1.00 bits per heavy atom. The molecule has 5 nitrogen and oxygen atoms in total. The van der Waals surface area contributed by atoms with Gasteiger partial charge < -0.3 is 14.5 Å². The molecule has 0 radical (unpaired) electrons. The lowest BCUT2D eigenvalue weighted by Gasteiger charge is -2.18. The summed E-state index contributed by atoms with van der Waals surface area (Å²) in [6.45, 7) is 0.325. The molecule has 0 spiro atoms. The molecule has 27 heavy (non-hydrogen) atoms. The van der Waals surface area contributed by atoms with E-state index in [1.807, 2.05) is 30.3 Å². The molecular formula is C21H18FNO4. The van der Waals surface area contributed by atoms with Gasteiger partial charge in [0.2, 0.25) is 11.9 Å². The summed E-state index contributed by atoms with van der Waals surface area (Å²) >= 11 is 0. The predicted molar refractivity (Wildman–Crippen MR) is 96.4 cm³/mol. The Kier molecular flexibility index (Phi) is 5.99. The first-order valence-corrected chi connectivity index (χ1v) is 8.45. The molecule has 0 aliphatic heterocycles. The van der Waals surface area contributed by atoms with Crippen LogP contribution in [0.4, 0.5) is 4.39 Å². The SMILES string of the molecule is O=C(O[C@H](C(=O)NCCc1ccccc1)c1ccccc1F)c1ccco1. The standard InChI is InChI=1S/C21H18FNO4/c22-17-10-5-4-9-16(17)19(27-21(25)18-11-6-14-26-18)20(24)23-13-12-15-7-2-1-3-8-15/h1-11,14,19H,12-13H2,(H,23,24)/t19-/m0/s1. The van der Waals surface area contributed by atoms with Gasteiger partial charge in [0.1, 0.15) is 5.82 Å². The largest absolute Gasteiger partial charge is 0.457 e. The fourth-order valence-corrected chi connectivity index (χ4v) is 2.57. The Morgan fingerprint density at radius 3 is 2.44 bits per heavy atom. The summed E-state index contributed by atoms with van der Waals surface area (Å²) in [6.07, 6.45) is 0.497. The van der Waals surface area contributed by atoms with Crippen LogP contribution in [-0.4, -0.2) is 18.4 Å². The summed E-state index contributed by atoms with van der Waals surface area (Å²) in [5, 5.41) is 2.69. The second-order valence-electron chi connectivity index (χ2n) is 5.81. The molecule has 2 aromatic carbocycles. The minimum atomic E-state index is -1.42. The number of benzene rings is 2. The van der Waals surface area contributed by atoms with Crippen molar-refractivity contribution in [3.8, 4) is 0 Å². The van der Waals surface area contributed by atoms with Gasteiger partial charge in [-0.1, -0.05) is 48.5 Å². The Morgan fingerprint density at radius 2 is 1.74 bits per heavy atom. The minimum Gasteiger partial charge on any atom is -0.457 e. The third-order valence-electron chi connectivity index (χ3n) is 3.93. The number of carbonyl (C=O) groups excluding carboxylic acids is 2. The van der Waals surface area contributed by atoms with Crippen molar-refractivity contribution < 1.29 is 23.1 Å². The highest BCUT2D eigenvalue weighted by atomic mass is 19.1. The van der Waals surface area contributed by atoms with Crippen molar-refractivity contribution in [2.45, 2.75) is 12.5 Å². The zero-order chi connectivity index (χ0) is 19.1. The van der Waals surface area contributed by atoms with Gasteiger partial charge in [-0.05, 0) is 30.2 Å². The first kappa shape index (κ1) is 18.4. The number of hydrogen-bond acceptors (Lipinski definition) is 4. The zero-order valence-electron chi connectivity index (χ0n) is 14.4. The highest BCUT2D eigenvalue weighted by Gasteiger charge is 2.28. The molecule has 1 aromatic heterocycles. The number of furan rings is 1. The van der Waals surface area contributed by atoms with Crippen molar-refractivity contribution in [2.24, 2.45) is 0 Å². The molecule has 1 heterocycles. The molecular weight excluding hydrogens is 349 g/mol. The third kappa shape index (κ3) is 4.82. The molecule has 1 N–H and O–H groups in total. The minimum absolute atomic E-state index is 0.0189. The van der Waals surface area contributed by atoms with Gasteiger partial charge in [-0.15, -0.1) is 0 Å². The van der Waals surface area contributed by atoms with Crippen LogP contribution in [0.2, 0.25) is 0 Å². The lowest BCUT2D eigenvalue weighted by Crippen LogP contribution is -2.34. The zero-order valence-corrected chi connectivity index (χ0v) is 14.4. The number of nitrogens with one attached hydrogen (secondary N) is 1. The first-order chi connectivity index (χ1) is 13.1. The third-order valence-corrected chi connectivity index (χ3v) is 3.93. The normalized spacial score (nSPS) is 11.6. The van der Waals surface area contributed by atoms with Gasteiger partial charge in [0, 0.05) is 12.1 Å². The second kappa shape index (κ2) is 8.80. The Balaban J connectivity index is 1.71. The topological polar surface area (TPSA) is 68.5 Å². The van der Waals surface area contributed by atoms with Crippen LogP contribution < -0.4 is 5.32 Å². The first-order valence-electron chi connectivity index (χ1n) is 8.45. The van der Waals surface area contributed by atoms with E-state index < -0.39 is 23.8 Å². The number of hydrogen-bond donors (Lipinski definition) is 1. The van der Waals surface area contributed by atoms with Crippen LogP contribution in [0.1, 0.15) is 27.8 Å². The molecule has 6 heteroatoms. The van der Waals surface area contributed by atoms with Crippen LogP contribution in [0, 0.1) is 5.82 Å². The van der Waals surface area contributed by atoms with Gasteiger partial charge in [-0.3, -0.25) is 4.79 Å². The van der Waals surface area contributed by atoms with E-state index in [2.05, 4.69) is 5.32 Å². The highest BCUT2D eigenvalue weighted by Crippen LogP contribution is 2.22. The molecule has 0 unspecified atom stereocenters. The molecule has 1 atom stereocenters. The maximum atomic E-state index is 14.2. The molecule has 3 aromatic rings. The number of ether oxygens (including phenoxy) is 1. The number of amides is 1. The van der Waals surface area contributed by atoms with E-state index in [0.29, 0.717) is 13.0 Å². The number of esters is 1. The molecule has 0 aliphatic rings. The van der Waals surface area contributed by atoms with Crippen molar-refractivity contribution in [2.75, 3.05) is 6.54 Å². The van der Waals surface area contributed by atoms with Crippen LogP contribution in [0.3, 0.4) is 0 Å². The molecule has 138 valence electrons. The molecule has 0 saturated heterocycles. The van der Waals surface area contributed by atoms with Gasteiger partial charge in [0.25, 0.3) is 5.91 Å². The number of carbonyl (C=O) groups is 2. The summed E-state index contributed by atoms with van der Waals surface area (Å²) in [6, 6.07) is 18.2. The molecule has 0 fully saturated rings. The molecule has 0 aliphatic carbocycles. The molecule has 3 rings (SSSR count). The fourth-order valence-electron chi connectivity index (χ4n) is 2.57. The summed E-state index contributed by atoms with van der Waals surface area (Å²) < 4.78 is 24.4. The van der Waals surface area contributed by atoms with Crippen LogP contribution in [0.15, 0.2) is 77.4 Å². The van der Waals surface area contributed by atoms with Crippen molar-refractivity contribution in [1.29, 1.82) is 0 Å². The Labute approximate surface area is 155 Å². The van der Waals surface area contributed by atoms with Gasteiger partial charge in [-0.25, -0.2) is 9.18 Å². The number of rotatable bonds is 7. The second-order valence-corrected chi connectivity index (χ2v) is 5.81. The van der Waals surface area contributed by atoms with Gasteiger partial charge >= 0.3 is 5.97 Å². The maximum Gasteiger partial charge on any atom is 0.375 e. The maximum absolute atomic E-state index is 14.2. The van der Waals surface area contributed by atoms with E-state index >= 15 is 0 Å². The van der Waals surface area contributed by atoms with E-state index in [1.54, 1.807) is 6.07 Å². The summed E-state index contributed by atoms with van der Waals surface area (Å²) in [7, 11) is 0. The predicted octanol–water partition coefficient (Wildman–Crippen LogP) is 3.68. The smallest absolute Gasteiger partial charge is 0.375 e. The van der Waals surface area contributed by atoms with E-state index in [-0.39, 0.29) is 11.3 Å². The average Bonchev–Trinajstić information content (AvgIpc) is 3.22. The van der Waals surface area contributed by atoms with Crippen LogP contribution in [0.25, 0.3) is 0 Å². The summed E-state index contributed by atoms with van der Waals surface area (Å²) in [4.78, 5) is 24.8. The summed E-state index contributed by atoms with van der Waals surface area (Å²) in [5.41, 5.74) is 1.03. The van der Waals surface area contributed by atoms with Gasteiger partial charge in [0.05, 0.1) is 6.26 Å². The van der Waals surface area contributed by atoms with Crippen LogP contribution >= 0.6 is 0 Å². The lowest BCUT2D eigenvalue weighted by molar-refractivity contribution is -0.130. The highest BCUT2D eigenvalue weighted by molar-refractivity contribution is 5.90. The average molecular weight is 367 g/mol. The van der Waals surface area contributed by atoms with E-state index in [9.17, 15) is 14.0 Å². The van der Waals surface area contributed by atoms with Crippen LogP contribution in [0.5, 0.6) is 0 Å². The Bertz CT molecular complexity index is 894. The molecule has 1 amide bonds. The van der Waals surface area contributed by atoms with Crippen molar-refractivity contribution >= 4 is 11.9 Å². The number of halogens is 1. The van der Waals surface area contributed by atoms with Gasteiger partial charge in [0.15, 0.2) is 0 Å². The van der Waals surface area contributed by atoms with Crippen molar-refractivity contribution in [3.05, 3.63) is 95.7 Å². The van der Waals surface area contributed by atoms with Crippen molar-refractivity contribution in [1.82, 2.24) is 5.32 Å². The quantitative estimate of drug-likeness (QED) is 0.647. The molecule has 0 bridgehead atoms. The lowest BCUT2D eigenvalue weighted by atomic mass is 10.1. The van der Waals surface area contributed by atoms with E-state index in [4.69, 9.17) is 9.15 Å². The Hall–Kier alpha value is -3.41. The fraction of sp³-hybridized carbons (Fsp3) is 0.143. The summed E-state index contributed by atoms with van der Waals surface area (Å²) in [5.74, 6) is -2.14. The van der Waals surface area contributed by atoms with Gasteiger partial charge in [-0.2, -0.15) is 0 Å². The van der Waals surface area contributed by atoms with Crippen molar-refractivity contribution in [3.63, 3.8) is 0 Å². The van der Waals surface area contributed by atoms with E-state index in [1.165, 1.54) is 36.6 Å². The monoisotopic (exact) mass is 367 g/mol.